The molecule has 40 nitrogen and oxygen atoms in total. The Kier molecular flexibility index (Phi) is 27.5. The fourth-order valence-corrected chi connectivity index (χ4v) is 16.8. The third-order valence-corrected chi connectivity index (χ3v) is 24.2. The Bertz CT molecular complexity index is 8860. The molecule has 0 aliphatic carbocycles. The summed E-state index contributed by atoms with van der Waals surface area (Å²) in [5.41, 5.74) is 28.2. The minimum absolute atomic E-state index is 0.0559. The highest BCUT2D eigenvalue weighted by molar-refractivity contribution is 6.31. The quantitative estimate of drug-likeness (QED) is 0.0236. The van der Waals surface area contributed by atoms with Crippen LogP contribution in [0.3, 0.4) is 0 Å². The van der Waals surface area contributed by atoms with Crippen molar-refractivity contribution in [2.24, 2.45) is 0 Å². The molecular formula is C96H73Cl5F4N40. The lowest BCUT2D eigenvalue weighted by Gasteiger charge is -2.21. The van der Waals surface area contributed by atoms with Gasteiger partial charge in [-0.15, -0.1) is 0 Å². The van der Waals surface area contributed by atoms with Crippen molar-refractivity contribution in [3.63, 3.8) is 0 Å². The monoisotopic (exact) mass is 2040 g/mol. The van der Waals surface area contributed by atoms with Gasteiger partial charge >= 0.3 is 0 Å². The molecule has 18 aromatic heterocycles. The van der Waals surface area contributed by atoms with Gasteiger partial charge in [-0.1, -0.05) is 144 Å². The molecule has 0 spiro atoms. The molecule has 18 heterocycles. The van der Waals surface area contributed by atoms with E-state index in [1.807, 2.05) is 76.2 Å². The Morgan fingerprint density at radius 2 is 0.628 bits per heavy atom. The maximum atomic E-state index is 14.6. The van der Waals surface area contributed by atoms with Crippen LogP contribution in [0.15, 0.2) is 239 Å². The van der Waals surface area contributed by atoms with Crippen molar-refractivity contribution in [1.29, 1.82) is 0 Å². The predicted octanol–water partition coefficient (Wildman–Crippen LogP) is 20.9. The molecule has 0 aliphatic heterocycles. The van der Waals surface area contributed by atoms with E-state index in [1.54, 1.807) is 102 Å². The number of rotatable bonds is 21. The number of anilines is 7. The largest absolute Gasteiger partial charge is 0.392 e. The molecule has 49 heteroatoms. The number of nitrogens with zero attached hydrogens (tertiary/aromatic N) is 30. The van der Waals surface area contributed by atoms with E-state index in [0.717, 1.165) is 45.4 Å². The fraction of sp³-hybridized carbons (Fsp3) is 0.115. The SMILES string of the molecule is CC[C@@H](Nc1ncnc2nc[nH]c12)c1cc2ncc(Cl)n2nc1-c1ccccc1.C[C@H](Nc1ncnc2nc[nH]c12)c1cc2ncc(Cl)n2nc1-c1cccc(F)c1.C[C@H](Nc1ncnc2nc[nH]c12)c1cc2ncc(Cl)n2nc1-c1ccccc1F.[C-]#[N+]c1c(N)ncnc1N[C@@H](C)c1cc2ncc(Cl)n2nc1-c1cccc(F)c1.[C-]#[N+]c1c(N)ncnc1N[C@@H](C)c1cc2ncc(Cl)n2nc1-c1ccccc1F. The molecule has 5 atom stereocenters. The molecule has 0 unspecified atom stereocenters. The molecule has 12 N–H and O–H groups in total. The van der Waals surface area contributed by atoms with E-state index in [4.69, 9.17) is 87.7 Å². The summed E-state index contributed by atoms with van der Waals surface area (Å²) in [4.78, 5) is 91.2. The van der Waals surface area contributed by atoms with Crippen molar-refractivity contribution in [2.75, 3.05) is 38.1 Å². The van der Waals surface area contributed by atoms with Gasteiger partial charge in [0.25, 0.3) is 11.4 Å². The summed E-state index contributed by atoms with van der Waals surface area (Å²) in [6, 6.07) is 43.2. The zero-order valence-corrected chi connectivity index (χ0v) is 79.9. The van der Waals surface area contributed by atoms with Crippen molar-refractivity contribution >= 4 is 172 Å². The number of nitrogens with two attached hydrogens (primary N) is 2. The average Bonchev–Trinajstić information content (AvgIpc) is 1.68. The lowest BCUT2D eigenvalue weighted by Crippen LogP contribution is -2.14. The minimum Gasteiger partial charge on any atom is -0.392 e. The van der Waals surface area contributed by atoms with Crippen LogP contribution < -0.4 is 38.1 Å². The van der Waals surface area contributed by atoms with Crippen molar-refractivity contribution in [3.05, 3.63) is 339 Å². The number of H-pyrrole nitrogens is 3. The highest BCUT2D eigenvalue weighted by Crippen LogP contribution is 2.41. The minimum atomic E-state index is -0.419. The van der Waals surface area contributed by atoms with E-state index in [9.17, 15) is 17.6 Å². The topological polar surface area (TPSA) is 487 Å². The second kappa shape index (κ2) is 41.7. The fourth-order valence-electron chi connectivity index (χ4n) is 15.9. The first kappa shape index (κ1) is 95.7. The molecule has 23 rings (SSSR count). The third-order valence-electron chi connectivity index (χ3n) is 22.9. The zero-order valence-electron chi connectivity index (χ0n) is 76.1. The first-order chi connectivity index (χ1) is 70.4. The highest BCUT2D eigenvalue weighted by Gasteiger charge is 2.29. The third kappa shape index (κ3) is 19.9. The van der Waals surface area contributed by atoms with Gasteiger partial charge in [0.05, 0.1) is 122 Å². The highest BCUT2D eigenvalue weighted by atomic mass is 35.5. The van der Waals surface area contributed by atoms with E-state index in [1.165, 1.54) is 111 Å². The summed E-state index contributed by atoms with van der Waals surface area (Å²) in [5.74, 6) is 1.10. The lowest BCUT2D eigenvalue weighted by molar-refractivity contribution is 0.627. The van der Waals surface area contributed by atoms with Gasteiger partial charge < -0.3 is 53.0 Å². The number of nitrogen functional groups attached to an aromatic ring is 2. The van der Waals surface area contributed by atoms with Crippen LogP contribution in [-0.4, -0.2) is 153 Å². The number of aromatic amines is 3. The van der Waals surface area contributed by atoms with Crippen LogP contribution in [0.1, 0.15) is 99.1 Å². The number of benzene rings is 5. The molecule has 5 aromatic carbocycles. The smallest absolute Gasteiger partial charge is 0.268 e. The van der Waals surface area contributed by atoms with E-state index in [0.29, 0.717) is 156 Å². The number of fused-ring (bicyclic) bond motifs is 8. The van der Waals surface area contributed by atoms with Gasteiger partial charge in [-0.2, -0.15) is 25.5 Å². The molecule has 0 amide bonds. The molecule has 145 heavy (non-hydrogen) atoms. The maximum Gasteiger partial charge on any atom is 0.268 e. The second-order valence-corrected chi connectivity index (χ2v) is 34.0. The average molecular weight is 2040 g/mol. The molecule has 0 aliphatic rings. The zero-order chi connectivity index (χ0) is 101. The summed E-state index contributed by atoms with van der Waals surface area (Å²) >= 11 is 31.0. The second-order valence-electron chi connectivity index (χ2n) is 32.0. The number of halogens is 9. The van der Waals surface area contributed by atoms with E-state index in [-0.39, 0.29) is 70.4 Å². The van der Waals surface area contributed by atoms with Crippen LogP contribution in [0.2, 0.25) is 25.8 Å². The Labute approximate surface area is 841 Å². The Morgan fingerprint density at radius 3 is 0.972 bits per heavy atom. The first-order valence-electron chi connectivity index (χ1n) is 43.9. The molecule has 0 fully saturated rings. The summed E-state index contributed by atoms with van der Waals surface area (Å²) < 4.78 is 64.5. The van der Waals surface area contributed by atoms with Crippen molar-refractivity contribution in [3.8, 4) is 56.3 Å². The van der Waals surface area contributed by atoms with Gasteiger partial charge in [0.1, 0.15) is 94.7 Å². The summed E-state index contributed by atoms with van der Waals surface area (Å²) in [7, 11) is 0. The predicted molar refractivity (Wildman–Crippen MR) is 542 cm³/mol. The Balaban J connectivity index is 0.000000115. The standard InChI is InChI=1S/C20H17ClN8.4C19H14ClFN8/c1-2-14(27-20-18-19(24-10-23-18)25-11-26-20)13-8-16-22-9-15(21)29(16)28-17(13)12-6-4-3-5-7-12;1-10(27-19-17-18(24-8-23-17)25-9-26-19)13-6-15-22-7-14(20)29(15)28-16(13)11-3-2-4-12(21)5-11;1-10(27-19-17-18(24-8-23-17)25-9-26-19)12-6-15-22-7-14(20)29(15)28-16(12)11-4-2-3-5-13(11)21;1-10(27-19-17(23-2)18(22)25-9-26-19)13-7-15-24-8-14(20)29(15)28-16(13)11-4-3-5-12(21)6-11;1-10(27-19-17(23-2)18(22)25-9-26-19)12-7-15-24-8-14(20)29(15)28-16(12)11-5-3-4-6-13(11)21/h3-11,14H,2H2,1H3,(H2,23,24,25,26,27);2*2-10H,1H3,(H2,23,24,25,26,27);2*3-10H,1H3,(H3,22,25,26,27)/t14-;4*10-/m10000/s1. The van der Waals surface area contributed by atoms with Gasteiger partial charge in [0.2, 0.25) is 0 Å². The van der Waals surface area contributed by atoms with Crippen LogP contribution in [0, 0.1) is 36.4 Å². The molecule has 0 radical (unpaired) electrons. The first-order valence-corrected chi connectivity index (χ1v) is 45.8. The van der Waals surface area contributed by atoms with E-state index in [2.05, 4.69) is 168 Å². The van der Waals surface area contributed by atoms with Crippen LogP contribution in [-0.2, 0) is 0 Å². The lowest BCUT2D eigenvalue weighted by atomic mass is 9.98. The van der Waals surface area contributed by atoms with E-state index >= 15 is 0 Å². The van der Waals surface area contributed by atoms with Crippen LogP contribution >= 0.6 is 58.0 Å². The molecular weight excluding hydrogens is 1970 g/mol. The van der Waals surface area contributed by atoms with Gasteiger partial charge in [0.15, 0.2) is 88.4 Å². The van der Waals surface area contributed by atoms with Gasteiger partial charge in [-0.05, 0) is 113 Å². The molecule has 23 aromatic rings. The van der Waals surface area contributed by atoms with Crippen molar-refractivity contribution < 1.29 is 17.6 Å². The number of imidazole rings is 8. The molecule has 0 saturated carbocycles. The molecule has 0 saturated heterocycles. The normalized spacial score (nSPS) is 12.3. The summed E-state index contributed by atoms with van der Waals surface area (Å²) in [6.45, 7) is 24.4. The van der Waals surface area contributed by atoms with Crippen LogP contribution in [0.4, 0.5) is 69.7 Å². The Hall–Kier alpha value is -18.2. The van der Waals surface area contributed by atoms with Gasteiger partial charge in [0, 0.05) is 55.6 Å². The number of hydrogen-bond donors (Lipinski definition) is 10. The molecule has 720 valence electrons. The number of nitrogens with one attached hydrogen (secondary N) is 8. The molecule has 0 bridgehead atoms. The van der Waals surface area contributed by atoms with Gasteiger partial charge in [-0.25, -0.2) is 140 Å². The van der Waals surface area contributed by atoms with E-state index < -0.39 is 11.9 Å². The van der Waals surface area contributed by atoms with Crippen LogP contribution in [0.5, 0.6) is 0 Å². The maximum absolute atomic E-state index is 14.6. The number of hydrogen-bond acceptors (Lipinski definition) is 30. The number of aromatic nitrogens is 31. The van der Waals surface area contributed by atoms with Gasteiger partial charge in [-0.3, -0.25) is 0 Å². The van der Waals surface area contributed by atoms with Crippen molar-refractivity contribution in [2.45, 2.75) is 71.2 Å². The summed E-state index contributed by atoms with van der Waals surface area (Å²) in [5, 5.41) is 41.4. The Morgan fingerprint density at radius 1 is 0.331 bits per heavy atom. The van der Waals surface area contributed by atoms with Crippen molar-refractivity contribution in [1.82, 2.24) is 153 Å². The van der Waals surface area contributed by atoms with Crippen LogP contribution in [0.25, 0.3) is 128 Å². The summed E-state index contributed by atoms with van der Waals surface area (Å²) in [6.07, 6.45) is 20.1.